The number of carbonyl (C=O) groups is 1. The number of carbonyl (C=O) groups excluding carboxylic acids is 1. The normalized spacial score (nSPS) is 26.0. The van der Waals surface area contributed by atoms with Crippen LogP contribution >= 0.6 is 0 Å². The maximum Gasteiger partial charge on any atom is 0.251 e. The summed E-state index contributed by atoms with van der Waals surface area (Å²) in [4.78, 5) is 18.9. The molecule has 4 rings (SSSR count). The van der Waals surface area contributed by atoms with Crippen molar-refractivity contribution in [2.45, 2.75) is 17.8 Å². The molecule has 1 aromatic carbocycles. The second kappa shape index (κ2) is 7.52. The number of hydrogen-bond acceptors (Lipinski definition) is 6. The van der Waals surface area contributed by atoms with E-state index in [0.29, 0.717) is 30.9 Å². The maximum absolute atomic E-state index is 12.6. The highest BCUT2D eigenvalue weighted by Gasteiger charge is 2.52. The van der Waals surface area contributed by atoms with Crippen LogP contribution in [0.2, 0.25) is 0 Å². The SMILES string of the molecule is COc1ccc(C(=O)N[C@@H]2CS(=O)(=O)[C@H]3CN(Cc4cccnc4)C[C@@H]23)cc1. The second-order valence-electron chi connectivity index (χ2n) is 7.40. The smallest absolute Gasteiger partial charge is 0.251 e. The first-order valence-corrected chi connectivity index (χ1v) is 11.0. The van der Waals surface area contributed by atoms with E-state index in [2.05, 4.69) is 15.2 Å². The molecule has 0 aliphatic carbocycles. The summed E-state index contributed by atoms with van der Waals surface area (Å²) >= 11 is 0. The van der Waals surface area contributed by atoms with Crippen molar-refractivity contribution in [2.75, 3.05) is 26.0 Å². The lowest BCUT2D eigenvalue weighted by molar-refractivity contribution is 0.0930. The number of aromatic nitrogens is 1. The summed E-state index contributed by atoms with van der Waals surface area (Å²) in [5, 5.41) is 2.52. The van der Waals surface area contributed by atoms with Crippen molar-refractivity contribution in [2.24, 2.45) is 5.92 Å². The number of pyridine rings is 1. The third-order valence-electron chi connectivity index (χ3n) is 5.57. The minimum atomic E-state index is -3.23. The quantitative estimate of drug-likeness (QED) is 0.808. The molecule has 0 bridgehead atoms. The number of rotatable bonds is 5. The molecular formula is C20H23N3O4S. The Balaban J connectivity index is 1.45. The summed E-state index contributed by atoms with van der Waals surface area (Å²) in [6.45, 7) is 1.80. The van der Waals surface area contributed by atoms with E-state index in [1.807, 2.05) is 12.1 Å². The first-order chi connectivity index (χ1) is 13.5. The van der Waals surface area contributed by atoms with Gasteiger partial charge in [0.2, 0.25) is 0 Å². The van der Waals surface area contributed by atoms with Crippen molar-refractivity contribution in [1.29, 1.82) is 0 Å². The van der Waals surface area contributed by atoms with Gasteiger partial charge in [-0.2, -0.15) is 0 Å². The first kappa shape index (κ1) is 18.9. The molecular weight excluding hydrogens is 378 g/mol. The molecule has 2 aromatic rings. The van der Waals surface area contributed by atoms with Gasteiger partial charge in [0.05, 0.1) is 18.1 Å². The monoisotopic (exact) mass is 401 g/mol. The molecule has 3 heterocycles. The van der Waals surface area contributed by atoms with Crippen LogP contribution in [0.25, 0.3) is 0 Å². The number of ether oxygens (including phenoxy) is 1. The Morgan fingerprint density at radius 3 is 2.71 bits per heavy atom. The molecule has 1 N–H and O–H groups in total. The second-order valence-corrected chi connectivity index (χ2v) is 9.66. The molecule has 148 valence electrons. The zero-order valence-corrected chi connectivity index (χ0v) is 16.4. The van der Waals surface area contributed by atoms with Gasteiger partial charge in [-0.15, -0.1) is 0 Å². The topological polar surface area (TPSA) is 88.6 Å². The van der Waals surface area contributed by atoms with E-state index in [-0.39, 0.29) is 23.6 Å². The number of nitrogens with zero attached hydrogens (tertiary/aromatic N) is 2. The Morgan fingerprint density at radius 1 is 1.25 bits per heavy atom. The van der Waals surface area contributed by atoms with Gasteiger partial charge in [-0.05, 0) is 35.9 Å². The largest absolute Gasteiger partial charge is 0.497 e. The van der Waals surface area contributed by atoms with Crippen LogP contribution in [-0.4, -0.2) is 61.5 Å². The van der Waals surface area contributed by atoms with Crippen LogP contribution in [0, 0.1) is 5.92 Å². The highest BCUT2D eigenvalue weighted by atomic mass is 32.2. The number of fused-ring (bicyclic) bond motifs is 1. The molecule has 7 nitrogen and oxygen atoms in total. The van der Waals surface area contributed by atoms with E-state index in [0.717, 1.165) is 5.56 Å². The summed E-state index contributed by atoms with van der Waals surface area (Å²) in [6, 6.07) is 10.3. The fourth-order valence-electron chi connectivity index (χ4n) is 4.17. The van der Waals surface area contributed by atoms with Gasteiger partial charge in [0, 0.05) is 49.6 Å². The fraction of sp³-hybridized carbons (Fsp3) is 0.400. The first-order valence-electron chi connectivity index (χ1n) is 9.24. The third-order valence-corrected chi connectivity index (χ3v) is 7.82. The van der Waals surface area contributed by atoms with Crippen molar-refractivity contribution in [3.05, 3.63) is 59.9 Å². The molecule has 1 aromatic heterocycles. The predicted molar refractivity (Wildman–Crippen MR) is 105 cm³/mol. The highest BCUT2D eigenvalue weighted by Crippen LogP contribution is 2.34. The average Bonchev–Trinajstić information content (AvgIpc) is 3.21. The van der Waals surface area contributed by atoms with Crippen LogP contribution in [0.3, 0.4) is 0 Å². The lowest BCUT2D eigenvalue weighted by Gasteiger charge is -2.21. The minimum Gasteiger partial charge on any atom is -0.497 e. The van der Waals surface area contributed by atoms with Crippen LogP contribution in [0.15, 0.2) is 48.8 Å². The van der Waals surface area contributed by atoms with E-state index < -0.39 is 15.1 Å². The Hall–Kier alpha value is -2.45. The zero-order valence-electron chi connectivity index (χ0n) is 15.6. The average molecular weight is 401 g/mol. The third kappa shape index (κ3) is 3.74. The number of sulfone groups is 1. The Kier molecular flexibility index (Phi) is 5.07. The van der Waals surface area contributed by atoms with E-state index in [9.17, 15) is 13.2 Å². The van der Waals surface area contributed by atoms with Gasteiger partial charge < -0.3 is 10.1 Å². The predicted octanol–water partition coefficient (Wildman–Crippen LogP) is 1.12. The molecule has 3 atom stereocenters. The van der Waals surface area contributed by atoms with E-state index in [1.54, 1.807) is 43.8 Å². The Labute approximate surface area is 164 Å². The summed E-state index contributed by atoms with van der Waals surface area (Å²) < 4.78 is 30.4. The number of benzene rings is 1. The number of likely N-dealkylation sites (tertiary alicyclic amines) is 1. The van der Waals surface area contributed by atoms with Gasteiger partial charge >= 0.3 is 0 Å². The van der Waals surface area contributed by atoms with Gasteiger partial charge in [-0.3, -0.25) is 14.7 Å². The molecule has 2 saturated heterocycles. The molecule has 2 aliphatic heterocycles. The molecule has 2 fully saturated rings. The van der Waals surface area contributed by atoms with Crippen LogP contribution in [0.1, 0.15) is 15.9 Å². The van der Waals surface area contributed by atoms with Crippen LogP contribution < -0.4 is 10.1 Å². The fourth-order valence-corrected chi connectivity index (χ4v) is 6.49. The summed E-state index contributed by atoms with van der Waals surface area (Å²) in [5.74, 6) is 0.324. The van der Waals surface area contributed by atoms with E-state index in [1.165, 1.54) is 0 Å². The molecule has 28 heavy (non-hydrogen) atoms. The molecule has 0 unspecified atom stereocenters. The summed E-state index contributed by atoms with van der Waals surface area (Å²) in [6.07, 6.45) is 3.52. The maximum atomic E-state index is 12.6. The molecule has 1 amide bonds. The minimum absolute atomic E-state index is 0.00492. The molecule has 8 heteroatoms. The van der Waals surface area contributed by atoms with Gasteiger partial charge in [-0.1, -0.05) is 6.07 Å². The van der Waals surface area contributed by atoms with Crippen molar-refractivity contribution in [3.63, 3.8) is 0 Å². The number of hydrogen-bond donors (Lipinski definition) is 1. The van der Waals surface area contributed by atoms with E-state index in [4.69, 9.17) is 4.74 Å². The number of nitrogens with one attached hydrogen (secondary N) is 1. The van der Waals surface area contributed by atoms with Crippen molar-refractivity contribution in [1.82, 2.24) is 15.2 Å². The number of amides is 1. The lowest BCUT2D eigenvalue weighted by Crippen LogP contribution is -2.42. The van der Waals surface area contributed by atoms with Gasteiger partial charge in [0.1, 0.15) is 5.75 Å². The van der Waals surface area contributed by atoms with Crippen LogP contribution in [-0.2, 0) is 16.4 Å². The number of methoxy groups -OCH3 is 1. The van der Waals surface area contributed by atoms with Crippen LogP contribution in [0.5, 0.6) is 5.75 Å². The molecule has 0 saturated carbocycles. The van der Waals surface area contributed by atoms with Crippen LogP contribution in [0.4, 0.5) is 0 Å². The highest BCUT2D eigenvalue weighted by molar-refractivity contribution is 7.92. The molecule has 0 spiro atoms. The molecule has 0 radical (unpaired) electrons. The molecule has 2 aliphatic rings. The zero-order chi connectivity index (χ0) is 19.7. The van der Waals surface area contributed by atoms with Crippen molar-refractivity contribution >= 4 is 15.7 Å². The summed E-state index contributed by atoms with van der Waals surface area (Å²) in [7, 11) is -1.66. The van der Waals surface area contributed by atoms with Gasteiger partial charge in [0.15, 0.2) is 9.84 Å². The van der Waals surface area contributed by atoms with Gasteiger partial charge in [0.25, 0.3) is 5.91 Å². The Morgan fingerprint density at radius 2 is 2.04 bits per heavy atom. The van der Waals surface area contributed by atoms with Crippen molar-refractivity contribution < 1.29 is 17.9 Å². The Bertz CT molecular complexity index is 947. The van der Waals surface area contributed by atoms with Crippen molar-refractivity contribution in [3.8, 4) is 5.75 Å². The lowest BCUT2D eigenvalue weighted by atomic mass is 10.00. The standard InChI is InChI=1S/C20H23N3O4S/c1-27-16-6-4-15(5-7-16)20(24)22-18-13-28(25,26)19-12-23(11-17(18)19)10-14-3-2-8-21-9-14/h2-9,17-19H,10-13H2,1H3,(H,22,24)/t17-,18+,19-/m0/s1. The summed E-state index contributed by atoms with van der Waals surface area (Å²) in [5.41, 5.74) is 1.55. The van der Waals surface area contributed by atoms with E-state index >= 15 is 0 Å². The van der Waals surface area contributed by atoms with Gasteiger partial charge in [-0.25, -0.2) is 8.42 Å².